The Morgan fingerprint density at radius 2 is 2.11 bits per heavy atom. The van der Waals surface area contributed by atoms with Crippen LogP contribution in [0.3, 0.4) is 0 Å². The van der Waals surface area contributed by atoms with Crippen molar-refractivity contribution in [1.29, 1.82) is 0 Å². The molecule has 0 aromatic carbocycles. The number of anilines is 1. The topological polar surface area (TPSA) is 96.4 Å². The summed E-state index contributed by atoms with van der Waals surface area (Å²) in [6.07, 6.45) is 1.21. The lowest BCUT2D eigenvalue weighted by Crippen LogP contribution is -2.12. The number of hydrogen-bond acceptors (Lipinski definition) is 5. The Bertz CT molecular complexity index is 727. The Morgan fingerprint density at radius 3 is 2.68 bits per heavy atom. The van der Waals surface area contributed by atoms with Gasteiger partial charge in [0.25, 0.3) is 10.0 Å². The summed E-state index contributed by atoms with van der Waals surface area (Å²) < 4.78 is 26.6. The second kappa shape index (κ2) is 5.16. The van der Waals surface area contributed by atoms with Crippen LogP contribution in [0.2, 0.25) is 4.34 Å². The Hall–Kier alpha value is -1.64. The molecule has 0 fully saturated rings. The van der Waals surface area contributed by atoms with Crippen LogP contribution in [-0.2, 0) is 10.0 Å². The Kier molecular flexibility index (Phi) is 3.74. The van der Waals surface area contributed by atoms with Gasteiger partial charge in [-0.25, -0.2) is 18.2 Å². The van der Waals surface area contributed by atoms with E-state index in [1.165, 1.54) is 24.4 Å². The first-order valence-electron chi connectivity index (χ1n) is 4.86. The third-order valence-corrected chi connectivity index (χ3v) is 5.15. The SMILES string of the molecule is O=C(O)c1cc(NS(=O)(=O)c2ccc(Cl)s2)ccn1. The molecule has 2 heterocycles. The molecular formula is C10H7ClN2O4S2. The lowest BCUT2D eigenvalue weighted by Gasteiger charge is -2.06. The Labute approximate surface area is 117 Å². The van der Waals surface area contributed by atoms with Gasteiger partial charge in [0.2, 0.25) is 0 Å². The number of carbonyl (C=O) groups is 1. The van der Waals surface area contributed by atoms with E-state index in [-0.39, 0.29) is 15.6 Å². The molecular weight excluding hydrogens is 312 g/mol. The number of nitrogens with zero attached hydrogens (tertiary/aromatic N) is 1. The van der Waals surface area contributed by atoms with Crippen LogP contribution in [0.4, 0.5) is 5.69 Å². The van der Waals surface area contributed by atoms with Gasteiger partial charge in [-0.3, -0.25) is 4.72 Å². The van der Waals surface area contributed by atoms with Gasteiger partial charge in [0.15, 0.2) is 0 Å². The number of hydrogen-bond donors (Lipinski definition) is 2. The molecule has 6 nitrogen and oxygen atoms in total. The lowest BCUT2D eigenvalue weighted by molar-refractivity contribution is 0.0690. The number of rotatable bonds is 4. The molecule has 2 aromatic rings. The first-order chi connectivity index (χ1) is 8.88. The van der Waals surface area contributed by atoms with Crippen molar-refractivity contribution in [2.24, 2.45) is 0 Å². The summed E-state index contributed by atoms with van der Waals surface area (Å²) in [7, 11) is -3.77. The van der Waals surface area contributed by atoms with E-state index in [1.54, 1.807) is 0 Å². The monoisotopic (exact) mass is 318 g/mol. The molecule has 0 spiro atoms. The summed E-state index contributed by atoms with van der Waals surface area (Å²) in [5, 5.41) is 8.77. The first-order valence-corrected chi connectivity index (χ1v) is 7.54. The summed E-state index contributed by atoms with van der Waals surface area (Å²) in [6, 6.07) is 5.33. The fourth-order valence-electron chi connectivity index (χ4n) is 1.26. The fourth-order valence-corrected chi connectivity index (χ4v) is 3.79. The fraction of sp³-hybridized carbons (Fsp3) is 0. The molecule has 0 unspecified atom stereocenters. The lowest BCUT2D eigenvalue weighted by atomic mass is 10.3. The Balaban J connectivity index is 2.30. The summed E-state index contributed by atoms with van der Waals surface area (Å²) in [6.45, 7) is 0. The summed E-state index contributed by atoms with van der Waals surface area (Å²) >= 11 is 6.58. The van der Waals surface area contributed by atoms with Crippen LogP contribution in [0, 0.1) is 0 Å². The van der Waals surface area contributed by atoms with E-state index in [2.05, 4.69) is 9.71 Å². The number of thiophene rings is 1. The first kappa shape index (κ1) is 13.8. The highest BCUT2D eigenvalue weighted by molar-refractivity contribution is 7.94. The van der Waals surface area contributed by atoms with E-state index in [0.29, 0.717) is 4.34 Å². The maximum absolute atomic E-state index is 12.0. The van der Waals surface area contributed by atoms with E-state index < -0.39 is 16.0 Å². The van der Waals surface area contributed by atoms with Crippen molar-refractivity contribution < 1.29 is 18.3 Å². The smallest absolute Gasteiger partial charge is 0.354 e. The van der Waals surface area contributed by atoms with Gasteiger partial charge in [0.1, 0.15) is 9.90 Å². The highest BCUT2D eigenvalue weighted by Gasteiger charge is 2.17. The van der Waals surface area contributed by atoms with Crippen LogP contribution in [-0.4, -0.2) is 24.5 Å². The van der Waals surface area contributed by atoms with E-state index >= 15 is 0 Å². The maximum Gasteiger partial charge on any atom is 0.354 e. The molecule has 0 aliphatic rings. The molecule has 0 atom stereocenters. The van der Waals surface area contributed by atoms with Crippen LogP contribution in [0.25, 0.3) is 0 Å². The predicted molar refractivity (Wildman–Crippen MR) is 71.3 cm³/mol. The van der Waals surface area contributed by atoms with Crippen LogP contribution in [0.15, 0.2) is 34.7 Å². The molecule has 0 radical (unpaired) electrons. The summed E-state index contributed by atoms with van der Waals surface area (Å²) in [5.41, 5.74) is -0.124. The van der Waals surface area contributed by atoms with Gasteiger partial charge in [0.05, 0.1) is 10.0 Å². The number of halogens is 1. The molecule has 100 valence electrons. The molecule has 2 aromatic heterocycles. The van der Waals surface area contributed by atoms with E-state index in [1.807, 2.05) is 0 Å². The third kappa shape index (κ3) is 3.22. The summed E-state index contributed by atoms with van der Waals surface area (Å²) in [5.74, 6) is -1.24. The van der Waals surface area contributed by atoms with Gasteiger partial charge < -0.3 is 5.11 Å². The second-order valence-electron chi connectivity index (χ2n) is 3.40. The highest BCUT2D eigenvalue weighted by Crippen LogP contribution is 2.27. The molecule has 0 saturated carbocycles. The van der Waals surface area contributed by atoms with Gasteiger partial charge >= 0.3 is 5.97 Å². The number of aromatic carboxylic acids is 1. The van der Waals surface area contributed by atoms with Crippen molar-refractivity contribution in [3.8, 4) is 0 Å². The number of aromatic nitrogens is 1. The zero-order valence-corrected chi connectivity index (χ0v) is 11.6. The minimum Gasteiger partial charge on any atom is -0.477 e. The van der Waals surface area contributed by atoms with Crippen molar-refractivity contribution in [3.05, 3.63) is 40.5 Å². The summed E-state index contributed by atoms with van der Waals surface area (Å²) in [4.78, 5) is 14.3. The molecule has 2 rings (SSSR count). The van der Waals surface area contributed by atoms with Gasteiger partial charge in [0, 0.05) is 6.20 Å². The third-order valence-electron chi connectivity index (χ3n) is 2.04. The van der Waals surface area contributed by atoms with Crippen molar-refractivity contribution in [2.45, 2.75) is 4.21 Å². The number of carboxylic acid groups (broad SMARTS) is 1. The number of sulfonamides is 1. The average Bonchev–Trinajstić information content (AvgIpc) is 2.76. The molecule has 0 aliphatic heterocycles. The van der Waals surface area contributed by atoms with Crippen LogP contribution < -0.4 is 4.72 Å². The number of pyridine rings is 1. The predicted octanol–water partition coefficient (Wildman–Crippen LogP) is 2.30. The van der Waals surface area contributed by atoms with Crippen molar-refractivity contribution >= 4 is 44.6 Å². The average molecular weight is 319 g/mol. The molecule has 0 aliphatic carbocycles. The van der Waals surface area contributed by atoms with E-state index in [0.717, 1.165) is 17.4 Å². The maximum atomic E-state index is 12.0. The quantitative estimate of drug-likeness (QED) is 0.901. The molecule has 9 heteroatoms. The van der Waals surface area contributed by atoms with E-state index in [4.69, 9.17) is 16.7 Å². The van der Waals surface area contributed by atoms with Crippen molar-refractivity contribution in [3.63, 3.8) is 0 Å². The van der Waals surface area contributed by atoms with Crippen LogP contribution in [0.5, 0.6) is 0 Å². The van der Waals surface area contributed by atoms with E-state index in [9.17, 15) is 13.2 Å². The molecule has 0 amide bonds. The Morgan fingerprint density at radius 1 is 1.37 bits per heavy atom. The second-order valence-corrected chi connectivity index (χ2v) is 7.02. The van der Waals surface area contributed by atoms with Crippen molar-refractivity contribution in [1.82, 2.24) is 4.98 Å². The molecule has 19 heavy (non-hydrogen) atoms. The van der Waals surface area contributed by atoms with Gasteiger partial charge in [-0.1, -0.05) is 11.6 Å². The number of carboxylic acids is 1. The van der Waals surface area contributed by atoms with Gasteiger partial charge in [-0.2, -0.15) is 0 Å². The zero-order valence-electron chi connectivity index (χ0n) is 9.20. The molecule has 2 N–H and O–H groups in total. The van der Waals surface area contributed by atoms with Gasteiger partial charge in [-0.15, -0.1) is 11.3 Å². The van der Waals surface area contributed by atoms with Gasteiger partial charge in [-0.05, 0) is 24.3 Å². The van der Waals surface area contributed by atoms with Crippen molar-refractivity contribution in [2.75, 3.05) is 4.72 Å². The normalized spacial score (nSPS) is 11.2. The minimum absolute atomic E-state index is 0.0474. The highest BCUT2D eigenvalue weighted by atomic mass is 35.5. The zero-order chi connectivity index (χ0) is 14.0. The standard InChI is InChI=1S/C10H7ClN2O4S2/c11-8-1-2-9(18-8)19(16,17)13-6-3-4-12-7(5-6)10(14)15/h1-5H,(H,12,13)(H,14,15). The largest absolute Gasteiger partial charge is 0.477 e. The van der Waals surface area contributed by atoms with Crippen LogP contribution in [0.1, 0.15) is 10.5 Å². The minimum atomic E-state index is -3.77. The van der Waals surface area contributed by atoms with Crippen LogP contribution >= 0.6 is 22.9 Å². The molecule has 0 bridgehead atoms. The molecule has 0 saturated heterocycles. The number of nitrogens with one attached hydrogen (secondary N) is 1.